The van der Waals surface area contributed by atoms with Crippen molar-refractivity contribution in [3.8, 4) is 5.75 Å². The molecular weight excluding hydrogens is 429 g/mol. The molecule has 1 aliphatic carbocycles. The lowest BCUT2D eigenvalue weighted by molar-refractivity contribution is -0.707. The van der Waals surface area contributed by atoms with Gasteiger partial charge in [-0.1, -0.05) is 36.4 Å². The molecule has 2 atom stereocenters. The van der Waals surface area contributed by atoms with E-state index in [2.05, 4.69) is 28.4 Å². The zero-order valence-corrected chi connectivity index (χ0v) is 17.9. The van der Waals surface area contributed by atoms with Crippen LogP contribution < -0.4 is 9.30 Å². The molecule has 7 heteroatoms. The first-order valence-corrected chi connectivity index (χ1v) is 10.8. The fraction of sp³-hybridized carbons (Fsp3) is 0.231. The van der Waals surface area contributed by atoms with Crippen LogP contribution in [0.1, 0.15) is 46.9 Å². The molecule has 1 aliphatic rings. The number of hydrogen-bond acceptors (Lipinski definition) is 2. The van der Waals surface area contributed by atoms with Crippen LogP contribution in [0, 0.1) is 0 Å². The summed E-state index contributed by atoms with van der Waals surface area (Å²) in [5, 5.41) is 0.994. The number of rotatable bonds is 4. The normalized spacial score (nSPS) is 17.1. The Labute approximate surface area is 188 Å². The number of halogens is 3. The molecule has 5 rings (SSSR count). The van der Waals surface area contributed by atoms with Crippen LogP contribution in [0.25, 0.3) is 10.9 Å². The molecule has 0 amide bonds. The van der Waals surface area contributed by atoms with Gasteiger partial charge in [0.15, 0.2) is 12.4 Å². The van der Waals surface area contributed by atoms with Crippen molar-refractivity contribution in [2.75, 3.05) is 0 Å². The summed E-state index contributed by atoms with van der Waals surface area (Å²) in [5.41, 5.74) is 3.28. The average molecular weight is 451 g/mol. The van der Waals surface area contributed by atoms with Gasteiger partial charge in [-0.3, -0.25) is 4.79 Å². The Balaban J connectivity index is 1.44. The maximum absolute atomic E-state index is 13.2. The molecule has 0 spiro atoms. The topological polar surface area (TPSA) is 35.1 Å². The van der Waals surface area contributed by atoms with Crippen molar-refractivity contribution in [3.05, 3.63) is 95.9 Å². The summed E-state index contributed by atoms with van der Waals surface area (Å²) < 4.78 is 45.9. The summed E-state index contributed by atoms with van der Waals surface area (Å²) in [7, 11) is 0. The van der Waals surface area contributed by atoms with E-state index < -0.39 is 12.4 Å². The molecule has 0 fully saturated rings. The van der Waals surface area contributed by atoms with Crippen molar-refractivity contribution in [1.29, 1.82) is 0 Å². The third-order valence-corrected chi connectivity index (χ3v) is 6.31. The number of fused-ring (bicyclic) bond motifs is 2. The maximum atomic E-state index is 13.2. The maximum Gasteiger partial charge on any atom is 0.573 e. The molecule has 0 bridgehead atoms. The van der Waals surface area contributed by atoms with Crippen LogP contribution in [0.15, 0.2) is 79.3 Å². The lowest BCUT2D eigenvalue weighted by atomic mass is 9.86. The van der Waals surface area contributed by atoms with Crippen molar-refractivity contribution < 1.29 is 27.3 Å². The van der Waals surface area contributed by atoms with Gasteiger partial charge in [-0.25, -0.2) is 0 Å². The predicted molar refractivity (Wildman–Crippen MR) is 117 cm³/mol. The van der Waals surface area contributed by atoms with Crippen molar-refractivity contribution >= 4 is 16.7 Å². The SMILES string of the molecule is CC(c1ccccc1)n1ccc2c[n+](C3CCc4ccc(OC(F)(F)F)cc4C3=O)ccc21. The minimum Gasteiger partial charge on any atom is -0.406 e. The number of Topliss-reactive ketones (excluding diaryl/α,β-unsaturated/α-hetero) is 1. The molecule has 168 valence electrons. The molecule has 0 saturated carbocycles. The number of carbonyl (C=O) groups is 1. The van der Waals surface area contributed by atoms with Crippen LogP contribution in [0.5, 0.6) is 5.75 Å². The number of benzene rings is 2. The second-order valence-corrected chi connectivity index (χ2v) is 8.33. The van der Waals surface area contributed by atoms with E-state index in [4.69, 9.17) is 0 Å². The Morgan fingerprint density at radius 3 is 2.64 bits per heavy atom. The Kier molecular flexibility index (Phi) is 5.19. The number of carbonyl (C=O) groups excluding carboxylic acids is 1. The number of pyridine rings is 1. The van der Waals surface area contributed by atoms with E-state index in [1.54, 1.807) is 6.07 Å². The molecule has 0 N–H and O–H groups in total. The monoisotopic (exact) mass is 451 g/mol. The minimum absolute atomic E-state index is 0.148. The third kappa shape index (κ3) is 4.11. The van der Waals surface area contributed by atoms with Gasteiger partial charge in [-0.2, -0.15) is 4.57 Å². The molecule has 33 heavy (non-hydrogen) atoms. The molecule has 2 aromatic heterocycles. The average Bonchev–Trinajstić information content (AvgIpc) is 3.22. The minimum atomic E-state index is -4.80. The molecule has 4 nitrogen and oxygen atoms in total. The molecule has 0 saturated heterocycles. The van der Waals surface area contributed by atoms with Gasteiger partial charge in [0, 0.05) is 24.2 Å². The Morgan fingerprint density at radius 2 is 1.88 bits per heavy atom. The Bertz CT molecular complexity index is 1330. The standard InChI is InChI=1S/C26H22F3N2O2/c1-17(18-5-3-2-4-6-18)31-14-11-20-16-30(13-12-23(20)31)24-10-8-19-7-9-21(33-26(27,28)29)15-22(19)25(24)32/h2-7,9,11-17,24H,8,10H2,1H3/q+1. The highest BCUT2D eigenvalue weighted by atomic mass is 19.4. The molecular formula is C26H22F3N2O2+. The summed E-state index contributed by atoms with van der Waals surface area (Å²) in [6.45, 7) is 2.14. The van der Waals surface area contributed by atoms with Gasteiger partial charge in [0.1, 0.15) is 5.75 Å². The van der Waals surface area contributed by atoms with Crippen LogP contribution in [0.2, 0.25) is 0 Å². The van der Waals surface area contributed by atoms with Gasteiger partial charge >= 0.3 is 6.36 Å². The van der Waals surface area contributed by atoms with Crippen LogP contribution in [-0.4, -0.2) is 16.7 Å². The summed E-state index contributed by atoms with van der Waals surface area (Å²) >= 11 is 0. The number of ketones is 1. The molecule has 2 unspecified atom stereocenters. The predicted octanol–water partition coefficient (Wildman–Crippen LogP) is 5.81. The van der Waals surface area contributed by atoms with Crippen molar-refractivity contribution in [2.24, 2.45) is 0 Å². The van der Waals surface area contributed by atoms with Gasteiger partial charge in [0.05, 0.1) is 16.9 Å². The van der Waals surface area contributed by atoms with Gasteiger partial charge in [-0.15, -0.1) is 13.2 Å². The van der Waals surface area contributed by atoms with E-state index in [9.17, 15) is 18.0 Å². The molecule has 4 aromatic rings. The van der Waals surface area contributed by atoms with E-state index in [0.717, 1.165) is 16.5 Å². The van der Waals surface area contributed by atoms with E-state index >= 15 is 0 Å². The van der Waals surface area contributed by atoms with Crippen LogP contribution in [0.3, 0.4) is 0 Å². The summed E-state index contributed by atoms with van der Waals surface area (Å²) in [6.07, 6.45) is 2.24. The fourth-order valence-corrected chi connectivity index (χ4v) is 4.64. The van der Waals surface area contributed by atoms with Gasteiger partial charge in [-0.05, 0) is 42.7 Å². The first-order valence-electron chi connectivity index (χ1n) is 10.8. The quantitative estimate of drug-likeness (QED) is 0.367. The van der Waals surface area contributed by atoms with Crippen molar-refractivity contribution in [3.63, 3.8) is 0 Å². The molecule has 0 radical (unpaired) electrons. The fourth-order valence-electron chi connectivity index (χ4n) is 4.64. The molecule has 0 aliphatic heterocycles. The number of nitrogens with zero attached hydrogens (tertiary/aromatic N) is 2. The highest BCUT2D eigenvalue weighted by Gasteiger charge is 2.36. The molecule has 2 heterocycles. The summed E-state index contributed by atoms with van der Waals surface area (Å²) in [6, 6.07) is 17.9. The highest BCUT2D eigenvalue weighted by Crippen LogP contribution is 2.32. The third-order valence-electron chi connectivity index (χ3n) is 6.31. The largest absolute Gasteiger partial charge is 0.573 e. The smallest absolute Gasteiger partial charge is 0.406 e. The number of aromatic nitrogens is 2. The van der Waals surface area contributed by atoms with E-state index in [1.807, 2.05) is 53.5 Å². The van der Waals surface area contributed by atoms with Gasteiger partial charge in [0.25, 0.3) is 0 Å². The van der Waals surface area contributed by atoms with Gasteiger partial charge in [0.2, 0.25) is 11.8 Å². The number of aryl methyl sites for hydroxylation is 1. The lowest BCUT2D eigenvalue weighted by Gasteiger charge is -2.21. The van der Waals surface area contributed by atoms with Crippen LogP contribution >= 0.6 is 0 Å². The van der Waals surface area contributed by atoms with Crippen molar-refractivity contribution in [2.45, 2.75) is 38.2 Å². The second-order valence-electron chi connectivity index (χ2n) is 8.33. The Hall–Kier alpha value is -3.61. The van der Waals surface area contributed by atoms with Crippen LogP contribution in [-0.2, 0) is 6.42 Å². The van der Waals surface area contributed by atoms with E-state index in [-0.39, 0.29) is 23.1 Å². The first kappa shape index (κ1) is 21.2. The van der Waals surface area contributed by atoms with E-state index in [1.165, 1.54) is 17.7 Å². The van der Waals surface area contributed by atoms with Gasteiger partial charge < -0.3 is 9.30 Å². The molecule has 2 aromatic carbocycles. The zero-order valence-electron chi connectivity index (χ0n) is 17.9. The number of ether oxygens (including phenoxy) is 1. The first-order chi connectivity index (χ1) is 15.8. The highest BCUT2D eigenvalue weighted by molar-refractivity contribution is 6.00. The number of alkyl halides is 3. The van der Waals surface area contributed by atoms with Crippen molar-refractivity contribution in [1.82, 2.24) is 4.57 Å². The lowest BCUT2D eigenvalue weighted by Crippen LogP contribution is -2.45. The second kappa shape index (κ2) is 8.06. The summed E-state index contributed by atoms with van der Waals surface area (Å²) in [4.78, 5) is 13.2. The summed E-state index contributed by atoms with van der Waals surface area (Å²) in [5.74, 6) is -0.576. The van der Waals surface area contributed by atoms with E-state index in [0.29, 0.717) is 12.8 Å². The van der Waals surface area contributed by atoms with Crippen LogP contribution in [0.4, 0.5) is 13.2 Å². The Morgan fingerprint density at radius 1 is 1.09 bits per heavy atom. The number of hydrogen-bond donors (Lipinski definition) is 0. The zero-order chi connectivity index (χ0) is 23.2.